The van der Waals surface area contributed by atoms with Crippen LogP contribution in [0.3, 0.4) is 0 Å². The van der Waals surface area contributed by atoms with Crippen LogP contribution in [0.25, 0.3) is 10.6 Å². The number of rotatable bonds is 6. The van der Waals surface area contributed by atoms with Gasteiger partial charge in [0, 0.05) is 16.8 Å². The SMILES string of the molecule is Cc1ccc(NS(=O)(=O)c2ccc(C)c(C(=O)Nc3nnc(-c4ccccc4)s3)c2)cc1. The van der Waals surface area contributed by atoms with Crippen LogP contribution in [0.1, 0.15) is 21.5 Å². The number of hydrogen-bond acceptors (Lipinski definition) is 6. The third-order valence-electron chi connectivity index (χ3n) is 4.73. The number of amides is 1. The van der Waals surface area contributed by atoms with Gasteiger partial charge >= 0.3 is 0 Å². The lowest BCUT2D eigenvalue weighted by Gasteiger charge is -2.11. The number of nitrogens with one attached hydrogen (secondary N) is 2. The molecule has 0 atom stereocenters. The number of benzene rings is 3. The minimum absolute atomic E-state index is 0.00365. The number of carbonyl (C=O) groups excluding carboxylic acids is 1. The molecule has 0 unspecified atom stereocenters. The smallest absolute Gasteiger partial charge is 0.261 e. The quantitative estimate of drug-likeness (QED) is 0.424. The molecule has 0 spiro atoms. The van der Waals surface area contributed by atoms with Gasteiger partial charge in [-0.15, -0.1) is 10.2 Å². The predicted octanol–water partition coefficient (Wildman–Crippen LogP) is 4.88. The van der Waals surface area contributed by atoms with Crippen LogP contribution in [0.2, 0.25) is 0 Å². The van der Waals surface area contributed by atoms with Gasteiger partial charge in [-0.3, -0.25) is 14.8 Å². The summed E-state index contributed by atoms with van der Waals surface area (Å²) in [7, 11) is -3.86. The Balaban J connectivity index is 1.55. The molecule has 0 aliphatic rings. The molecule has 3 aromatic carbocycles. The molecule has 4 rings (SSSR count). The molecule has 1 amide bonds. The number of hydrogen-bond donors (Lipinski definition) is 2. The first-order chi connectivity index (χ1) is 15.3. The number of sulfonamides is 1. The van der Waals surface area contributed by atoms with Crippen LogP contribution in [-0.2, 0) is 10.0 Å². The Morgan fingerprint density at radius 3 is 2.34 bits per heavy atom. The van der Waals surface area contributed by atoms with Gasteiger partial charge in [0.2, 0.25) is 5.13 Å². The molecule has 0 radical (unpaired) electrons. The molecule has 0 aliphatic heterocycles. The predicted molar refractivity (Wildman–Crippen MR) is 126 cm³/mol. The highest BCUT2D eigenvalue weighted by atomic mass is 32.2. The van der Waals surface area contributed by atoms with Crippen molar-refractivity contribution in [3.8, 4) is 10.6 Å². The maximum absolute atomic E-state index is 12.9. The fraction of sp³-hybridized carbons (Fsp3) is 0.0870. The molecule has 0 bridgehead atoms. The van der Waals surface area contributed by atoms with Gasteiger partial charge in [-0.1, -0.05) is 65.4 Å². The van der Waals surface area contributed by atoms with E-state index in [2.05, 4.69) is 20.2 Å². The van der Waals surface area contributed by atoms with Gasteiger partial charge in [0.1, 0.15) is 5.01 Å². The summed E-state index contributed by atoms with van der Waals surface area (Å²) in [6, 6.07) is 21.0. The van der Waals surface area contributed by atoms with Crippen molar-refractivity contribution in [3.63, 3.8) is 0 Å². The molecule has 9 heteroatoms. The van der Waals surface area contributed by atoms with Crippen LogP contribution < -0.4 is 10.0 Å². The summed E-state index contributed by atoms with van der Waals surface area (Å²) < 4.78 is 28.2. The van der Waals surface area contributed by atoms with Crippen molar-refractivity contribution >= 4 is 38.1 Å². The molecular formula is C23H20N4O3S2. The van der Waals surface area contributed by atoms with Gasteiger partial charge in [0.05, 0.1) is 4.90 Å². The monoisotopic (exact) mass is 464 g/mol. The zero-order chi connectivity index (χ0) is 22.7. The number of aryl methyl sites for hydroxylation is 2. The van der Waals surface area contributed by atoms with E-state index in [1.54, 1.807) is 25.1 Å². The Morgan fingerprint density at radius 2 is 1.62 bits per heavy atom. The van der Waals surface area contributed by atoms with Gasteiger partial charge in [-0.2, -0.15) is 0 Å². The summed E-state index contributed by atoms with van der Waals surface area (Å²) in [6.07, 6.45) is 0. The summed E-state index contributed by atoms with van der Waals surface area (Å²) in [4.78, 5) is 12.9. The van der Waals surface area contributed by atoms with Crippen LogP contribution in [0.4, 0.5) is 10.8 Å². The largest absolute Gasteiger partial charge is 0.296 e. The Hall–Kier alpha value is -3.56. The van der Waals surface area contributed by atoms with E-state index < -0.39 is 15.9 Å². The molecule has 32 heavy (non-hydrogen) atoms. The average Bonchev–Trinajstić information content (AvgIpc) is 3.24. The molecule has 7 nitrogen and oxygen atoms in total. The zero-order valence-electron chi connectivity index (χ0n) is 17.4. The highest BCUT2D eigenvalue weighted by molar-refractivity contribution is 7.92. The van der Waals surface area contributed by atoms with E-state index in [4.69, 9.17) is 0 Å². The summed E-state index contributed by atoms with van der Waals surface area (Å²) >= 11 is 1.24. The number of carbonyl (C=O) groups is 1. The van der Waals surface area contributed by atoms with E-state index in [-0.39, 0.29) is 10.5 Å². The number of nitrogens with zero attached hydrogens (tertiary/aromatic N) is 2. The van der Waals surface area contributed by atoms with Crippen LogP contribution in [-0.4, -0.2) is 24.5 Å². The Morgan fingerprint density at radius 1 is 0.906 bits per heavy atom. The molecule has 0 saturated heterocycles. The van der Waals surface area contributed by atoms with Crippen molar-refractivity contribution in [1.29, 1.82) is 0 Å². The Bertz CT molecular complexity index is 1370. The zero-order valence-corrected chi connectivity index (χ0v) is 19.0. The van der Waals surface area contributed by atoms with E-state index >= 15 is 0 Å². The standard InChI is InChI=1S/C23H20N4O3S2/c1-15-8-11-18(12-9-15)27-32(29,30)19-13-10-16(2)20(14-19)21(28)24-23-26-25-22(31-23)17-6-4-3-5-7-17/h3-14,27H,1-2H3,(H,24,26,28). The van der Waals surface area contributed by atoms with Gasteiger partial charge in [0.25, 0.3) is 15.9 Å². The van der Waals surface area contributed by atoms with E-state index in [0.29, 0.717) is 21.4 Å². The summed E-state index contributed by atoms with van der Waals surface area (Å²) in [5.74, 6) is -0.453. The maximum atomic E-state index is 12.9. The van der Waals surface area contributed by atoms with Crippen molar-refractivity contribution in [2.75, 3.05) is 10.0 Å². The molecule has 0 saturated carbocycles. The summed E-state index contributed by atoms with van der Waals surface area (Å²) in [6.45, 7) is 3.66. The molecule has 1 aromatic heterocycles. The fourth-order valence-electron chi connectivity index (χ4n) is 2.98. The molecule has 4 aromatic rings. The van der Waals surface area contributed by atoms with Crippen molar-refractivity contribution in [2.45, 2.75) is 18.7 Å². The highest BCUT2D eigenvalue weighted by Gasteiger charge is 2.19. The lowest BCUT2D eigenvalue weighted by atomic mass is 10.1. The lowest BCUT2D eigenvalue weighted by Crippen LogP contribution is -2.17. The summed E-state index contributed by atoms with van der Waals surface area (Å²) in [5.41, 5.74) is 3.26. The molecule has 162 valence electrons. The number of anilines is 2. The third-order valence-corrected chi connectivity index (χ3v) is 7.00. The molecule has 2 N–H and O–H groups in total. The normalized spacial score (nSPS) is 11.2. The summed E-state index contributed by atoms with van der Waals surface area (Å²) in [5, 5.41) is 11.9. The minimum Gasteiger partial charge on any atom is -0.296 e. The van der Waals surface area contributed by atoms with Gasteiger partial charge in [0.15, 0.2) is 0 Å². The lowest BCUT2D eigenvalue weighted by molar-refractivity contribution is 0.102. The molecule has 0 aliphatic carbocycles. The van der Waals surface area contributed by atoms with Crippen molar-refractivity contribution in [2.24, 2.45) is 0 Å². The third kappa shape index (κ3) is 4.84. The van der Waals surface area contributed by atoms with Crippen LogP contribution in [0.15, 0.2) is 77.7 Å². The van der Waals surface area contributed by atoms with E-state index in [9.17, 15) is 13.2 Å². The highest BCUT2D eigenvalue weighted by Crippen LogP contribution is 2.27. The van der Waals surface area contributed by atoms with E-state index in [0.717, 1.165) is 11.1 Å². The van der Waals surface area contributed by atoms with Crippen LogP contribution >= 0.6 is 11.3 Å². The van der Waals surface area contributed by atoms with E-state index in [1.807, 2.05) is 49.4 Å². The second-order valence-electron chi connectivity index (χ2n) is 7.18. The molecule has 0 fully saturated rings. The fourth-order valence-corrected chi connectivity index (χ4v) is 4.81. The Kier molecular flexibility index (Phi) is 6.02. The molecular weight excluding hydrogens is 444 g/mol. The first kappa shape index (κ1) is 21.7. The van der Waals surface area contributed by atoms with Gasteiger partial charge < -0.3 is 0 Å². The second kappa shape index (κ2) is 8.89. The van der Waals surface area contributed by atoms with Crippen molar-refractivity contribution in [1.82, 2.24) is 10.2 Å². The average molecular weight is 465 g/mol. The van der Waals surface area contributed by atoms with E-state index in [1.165, 1.54) is 23.5 Å². The van der Waals surface area contributed by atoms with Gasteiger partial charge in [-0.05, 0) is 43.7 Å². The Labute approximate surface area is 190 Å². The molecule has 1 heterocycles. The minimum atomic E-state index is -3.86. The number of aromatic nitrogens is 2. The van der Waals surface area contributed by atoms with Gasteiger partial charge in [-0.25, -0.2) is 8.42 Å². The van der Waals surface area contributed by atoms with Crippen molar-refractivity contribution in [3.05, 3.63) is 89.5 Å². The topological polar surface area (TPSA) is 101 Å². The second-order valence-corrected chi connectivity index (χ2v) is 9.84. The first-order valence-electron chi connectivity index (χ1n) is 9.72. The first-order valence-corrected chi connectivity index (χ1v) is 12.0. The van der Waals surface area contributed by atoms with Crippen LogP contribution in [0, 0.1) is 13.8 Å². The maximum Gasteiger partial charge on any atom is 0.261 e. The van der Waals surface area contributed by atoms with Crippen molar-refractivity contribution < 1.29 is 13.2 Å². The van der Waals surface area contributed by atoms with Crippen LogP contribution in [0.5, 0.6) is 0 Å².